The van der Waals surface area contributed by atoms with Gasteiger partial charge in [0.15, 0.2) is 0 Å². The number of nitrogens with zero attached hydrogens (tertiary/aromatic N) is 1. The van der Waals surface area contributed by atoms with E-state index in [9.17, 15) is 8.42 Å². The summed E-state index contributed by atoms with van der Waals surface area (Å²) in [5.41, 5.74) is 3.44. The fraction of sp³-hybridized carbons (Fsp3) is 0.167. The second-order valence-corrected chi connectivity index (χ2v) is 8.94. The summed E-state index contributed by atoms with van der Waals surface area (Å²) >= 11 is 0. The largest absolute Gasteiger partial charge is 0.496 e. The Labute approximate surface area is 172 Å². The van der Waals surface area contributed by atoms with Gasteiger partial charge in [-0.2, -0.15) is 0 Å². The molecule has 3 aromatic rings. The summed E-state index contributed by atoms with van der Waals surface area (Å²) in [5.74, 6) is 0.462. The molecule has 0 aromatic heterocycles. The van der Waals surface area contributed by atoms with E-state index in [0.717, 1.165) is 16.7 Å². The smallest absolute Gasteiger partial charge is 0.264 e. The zero-order valence-corrected chi connectivity index (χ0v) is 17.3. The summed E-state index contributed by atoms with van der Waals surface area (Å²) in [5, 5.41) is 0. The lowest BCUT2D eigenvalue weighted by molar-refractivity contribution is 0.405. The monoisotopic (exact) mass is 405 g/mol. The average Bonchev–Trinajstić information content (AvgIpc) is 3.09. The number of para-hydroxylation sites is 2. The van der Waals surface area contributed by atoms with Crippen molar-refractivity contribution in [2.45, 2.75) is 23.8 Å². The van der Waals surface area contributed by atoms with Gasteiger partial charge in [0.1, 0.15) is 5.75 Å². The van der Waals surface area contributed by atoms with Crippen LogP contribution in [0.2, 0.25) is 0 Å². The number of hydrogen-bond donors (Lipinski definition) is 0. The van der Waals surface area contributed by atoms with Gasteiger partial charge in [-0.1, -0.05) is 60.2 Å². The Morgan fingerprint density at radius 3 is 2.21 bits per heavy atom. The second kappa shape index (κ2) is 7.41. The van der Waals surface area contributed by atoms with Crippen LogP contribution in [0.4, 0.5) is 5.69 Å². The van der Waals surface area contributed by atoms with Crippen LogP contribution < -0.4 is 9.04 Å². The van der Waals surface area contributed by atoms with Crippen LogP contribution >= 0.6 is 0 Å². The van der Waals surface area contributed by atoms with Gasteiger partial charge >= 0.3 is 0 Å². The molecule has 2 atom stereocenters. The lowest BCUT2D eigenvalue weighted by atomic mass is 9.90. The van der Waals surface area contributed by atoms with Crippen LogP contribution in [0.15, 0.2) is 90.3 Å². The molecule has 0 bridgehead atoms. The van der Waals surface area contributed by atoms with Gasteiger partial charge in [-0.3, -0.25) is 4.31 Å². The van der Waals surface area contributed by atoms with Crippen molar-refractivity contribution >= 4 is 15.7 Å². The van der Waals surface area contributed by atoms with Gasteiger partial charge in [0.25, 0.3) is 10.0 Å². The van der Waals surface area contributed by atoms with Gasteiger partial charge in [-0.25, -0.2) is 8.42 Å². The van der Waals surface area contributed by atoms with Gasteiger partial charge in [0, 0.05) is 11.5 Å². The van der Waals surface area contributed by atoms with E-state index in [4.69, 9.17) is 4.74 Å². The summed E-state index contributed by atoms with van der Waals surface area (Å²) in [4.78, 5) is 0.266. The Kier molecular flexibility index (Phi) is 4.92. The lowest BCUT2D eigenvalue weighted by Gasteiger charge is -2.30. The summed E-state index contributed by atoms with van der Waals surface area (Å²) in [6, 6.07) is 21.6. The molecule has 0 amide bonds. The minimum absolute atomic E-state index is 0.192. The van der Waals surface area contributed by atoms with E-state index in [0.29, 0.717) is 11.4 Å². The van der Waals surface area contributed by atoms with Crippen molar-refractivity contribution in [3.8, 4) is 5.75 Å². The maximum absolute atomic E-state index is 13.8. The molecule has 1 heterocycles. The van der Waals surface area contributed by atoms with Crippen LogP contribution in [-0.4, -0.2) is 15.5 Å². The molecule has 0 unspecified atom stereocenters. The topological polar surface area (TPSA) is 46.6 Å². The van der Waals surface area contributed by atoms with Crippen molar-refractivity contribution in [1.82, 2.24) is 0 Å². The van der Waals surface area contributed by atoms with Crippen LogP contribution in [0.5, 0.6) is 5.75 Å². The zero-order chi connectivity index (χ0) is 20.6. The first kappa shape index (κ1) is 19.3. The molecule has 1 aliphatic rings. The molecule has 1 aliphatic heterocycles. The number of benzene rings is 3. The molecule has 0 N–H and O–H groups in total. The highest BCUT2D eigenvalue weighted by atomic mass is 32.2. The zero-order valence-electron chi connectivity index (χ0n) is 16.4. The maximum Gasteiger partial charge on any atom is 0.264 e. The number of methoxy groups -OCH3 is 1. The highest BCUT2D eigenvalue weighted by molar-refractivity contribution is 7.92. The Morgan fingerprint density at radius 2 is 1.55 bits per heavy atom. The van der Waals surface area contributed by atoms with Crippen LogP contribution in [-0.2, 0) is 10.0 Å². The molecule has 0 saturated carbocycles. The lowest BCUT2D eigenvalue weighted by Crippen LogP contribution is -2.33. The van der Waals surface area contributed by atoms with Crippen LogP contribution in [0.3, 0.4) is 0 Å². The van der Waals surface area contributed by atoms with Crippen molar-refractivity contribution in [3.63, 3.8) is 0 Å². The Morgan fingerprint density at radius 1 is 0.931 bits per heavy atom. The molecule has 29 heavy (non-hydrogen) atoms. The number of aryl methyl sites for hydroxylation is 1. The second-order valence-electron chi connectivity index (χ2n) is 7.12. The molecule has 4 rings (SSSR count). The third kappa shape index (κ3) is 3.12. The molecule has 5 heteroatoms. The van der Waals surface area contributed by atoms with Gasteiger partial charge in [0.05, 0.1) is 23.7 Å². The number of rotatable bonds is 5. The van der Waals surface area contributed by atoms with E-state index in [-0.39, 0.29) is 10.8 Å². The fourth-order valence-electron chi connectivity index (χ4n) is 4.03. The molecule has 148 valence electrons. The molecule has 3 aromatic carbocycles. The highest BCUT2D eigenvalue weighted by Crippen LogP contribution is 2.53. The minimum Gasteiger partial charge on any atom is -0.496 e. The van der Waals surface area contributed by atoms with E-state index in [1.165, 1.54) is 4.31 Å². The molecule has 0 aliphatic carbocycles. The number of fused-ring (bicyclic) bond motifs is 1. The predicted molar refractivity (Wildman–Crippen MR) is 116 cm³/mol. The van der Waals surface area contributed by atoms with Crippen molar-refractivity contribution in [2.75, 3.05) is 11.4 Å². The molecular formula is C24H23NO3S. The summed E-state index contributed by atoms with van der Waals surface area (Å²) in [6.07, 6.45) is 1.82. The average molecular weight is 406 g/mol. The first-order valence-electron chi connectivity index (χ1n) is 9.44. The maximum atomic E-state index is 13.8. The predicted octanol–water partition coefficient (Wildman–Crippen LogP) is 5.22. The van der Waals surface area contributed by atoms with Crippen molar-refractivity contribution < 1.29 is 13.2 Å². The normalized spacial score (nSPS) is 18.3. The van der Waals surface area contributed by atoms with Gasteiger partial charge in [0.2, 0.25) is 0 Å². The summed E-state index contributed by atoms with van der Waals surface area (Å²) in [6.45, 7) is 5.95. The van der Waals surface area contributed by atoms with Crippen LogP contribution in [0, 0.1) is 6.92 Å². The molecule has 0 fully saturated rings. The third-order valence-electron chi connectivity index (χ3n) is 5.42. The van der Waals surface area contributed by atoms with Gasteiger partial charge < -0.3 is 4.74 Å². The first-order valence-corrected chi connectivity index (χ1v) is 10.9. The van der Waals surface area contributed by atoms with Crippen LogP contribution in [0.1, 0.15) is 28.7 Å². The van der Waals surface area contributed by atoms with E-state index in [2.05, 4.69) is 6.58 Å². The summed E-state index contributed by atoms with van der Waals surface area (Å²) in [7, 11) is -2.20. The molecule has 0 radical (unpaired) electrons. The number of ether oxygens (including phenoxy) is 1. The quantitative estimate of drug-likeness (QED) is 0.547. The molecule has 4 nitrogen and oxygen atoms in total. The van der Waals surface area contributed by atoms with Crippen molar-refractivity contribution in [2.24, 2.45) is 0 Å². The Balaban J connectivity index is 1.97. The van der Waals surface area contributed by atoms with E-state index < -0.39 is 16.1 Å². The number of sulfonamides is 1. The number of anilines is 1. The van der Waals surface area contributed by atoms with Crippen molar-refractivity contribution in [3.05, 3.63) is 102 Å². The minimum atomic E-state index is -3.80. The van der Waals surface area contributed by atoms with Crippen LogP contribution in [0.25, 0.3) is 0 Å². The SMILES string of the molecule is C=C[C@H]1c2ccccc2N(S(=O)(=O)c2ccc(C)cc2)[C@@H]1c1ccccc1OC. The fourth-order valence-corrected chi connectivity index (χ4v) is 5.70. The number of hydrogen-bond acceptors (Lipinski definition) is 3. The summed E-state index contributed by atoms with van der Waals surface area (Å²) < 4.78 is 34.7. The Bertz CT molecular complexity index is 1150. The highest BCUT2D eigenvalue weighted by Gasteiger charge is 2.45. The third-order valence-corrected chi connectivity index (χ3v) is 7.23. The molecule has 0 saturated heterocycles. The Hall–Kier alpha value is -3.05. The van der Waals surface area contributed by atoms with Gasteiger partial charge in [-0.15, -0.1) is 6.58 Å². The van der Waals surface area contributed by atoms with E-state index >= 15 is 0 Å². The standard InChI is InChI=1S/C24H23NO3S/c1-4-19-20-9-5-7-11-22(20)25(24(19)21-10-6-8-12-23(21)28-3)29(26,27)18-15-13-17(2)14-16-18/h4-16,19,24H,1H2,2-3H3/t19-,24-/m0/s1. The molecule has 0 spiro atoms. The van der Waals surface area contributed by atoms with Gasteiger partial charge in [-0.05, 0) is 36.8 Å². The van der Waals surface area contributed by atoms with E-state index in [1.807, 2.05) is 73.7 Å². The molecular weight excluding hydrogens is 382 g/mol. The van der Waals surface area contributed by atoms with E-state index in [1.54, 1.807) is 19.2 Å². The van der Waals surface area contributed by atoms with Crippen molar-refractivity contribution in [1.29, 1.82) is 0 Å². The first-order chi connectivity index (χ1) is 14.0.